The molecule has 0 amide bonds. The molecule has 6 nitrogen and oxygen atoms in total. The standard InChI is InChI=1S/C32H26N2O4S2/c1-3-33-23-15-7-9-17-25(23)39-27(33)19-11-5-13-21-29(35)31(37)22(32(38)30(21)36)14-6-12-20-28-34(4-2)24-16-8-10-18-26(24)40-28/h5-20H,3-4H2,1-2H3. The summed E-state index contributed by atoms with van der Waals surface area (Å²) in [6.07, 6.45) is 12.6. The molecular formula is C32H26N2O4S2. The lowest BCUT2D eigenvalue weighted by atomic mass is 10.2. The van der Waals surface area contributed by atoms with Crippen molar-refractivity contribution in [3.05, 3.63) is 146 Å². The van der Waals surface area contributed by atoms with E-state index in [9.17, 15) is 19.2 Å². The molecule has 2 heterocycles. The van der Waals surface area contributed by atoms with Gasteiger partial charge in [-0.25, -0.2) is 0 Å². The Morgan fingerprint density at radius 3 is 1.27 bits per heavy atom. The summed E-state index contributed by atoms with van der Waals surface area (Å²) in [6, 6.07) is 16.2. The molecule has 2 aliphatic rings. The number of para-hydroxylation sites is 2. The molecule has 3 aromatic rings. The fraction of sp³-hybridized carbons (Fsp3) is 0.125. The fourth-order valence-corrected chi connectivity index (χ4v) is 6.86. The van der Waals surface area contributed by atoms with E-state index >= 15 is 0 Å². The number of thioether (sulfide) groups is 2. The number of hydrogen-bond acceptors (Lipinski definition) is 8. The summed E-state index contributed by atoms with van der Waals surface area (Å²) in [5, 5.41) is 1.17. The van der Waals surface area contributed by atoms with Gasteiger partial charge in [-0.05, 0) is 62.4 Å². The number of nitrogens with zero attached hydrogens (tertiary/aromatic N) is 2. The normalized spacial score (nSPS) is 16.4. The van der Waals surface area contributed by atoms with Crippen LogP contribution in [0.15, 0.2) is 124 Å². The van der Waals surface area contributed by atoms with E-state index in [4.69, 9.17) is 0 Å². The monoisotopic (exact) mass is 566 g/mol. The number of hydrogen-bond donors (Lipinski definition) is 0. The largest absolute Gasteiger partial charge is 0.335 e. The number of anilines is 2. The summed E-state index contributed by atoms with van der Waals surface area (Å²) in [4.78, 5) is 57.4. The second-order valence-electron chi connectivity index (χ2n) is 8.88. The second kappa shape index (κ2) is 11.9. The molecule has 0 aromatic heterocycles. The van der Waals surface area contributed by atoms with Crippen LogP contribution in [0.1, 0.15) is 13.8 Å². The van der Waals surface area contributed by atoms with Crippen LogP contribution in [0.5, 0.6) is 0 Å². The van der Waals surface area contributed by atoms with Crippen molar-refractivity contribution in [2.75, 3.05) is 22.9 Å². The molecule has 0 spiro atoms. The van der Waals surface area contributed by atoms with Crippen molar-refractivity contribution in [2.45, 2.75) is 23.6 Å². The highest BCUT2D eigenvalue weighted by Crippen LogP contribution is 2.46. The van der Waals surface area contributed by atoms with Crippen LogP contribution in [0, 0.1) is 0 Å². The van der Waals surface area contributed by atoms with Gasteiger partial charge >= 0.3 is 0 Å². The zero-order valence-electron chi connectivity index (χ0n) is 22.0. The van der Waals surface area contributed by atoms with Crippen LogP contribution in [0.3, 0.4) is 0 Å². The molecule has 2 aliphatic heterocycles. The molecule has 8 heteroatoms. The van der Waals surface area contributed by atoms with Gasteiger partial charge < -0.3 is 9.80 Å². The minimum atomic E-state index is -0.975. The van der Waals surface area contributed by atoms with Crippen LogP contribution in [-0.2, 0) is 0 Å². The minimum absolute atomic E-state index is 0.415. The van der Waals surface area contributed by atoms with Gasteiger partial charge in [-0.3, -0.25) is 19.2 Å². The summed E-state index contributed by atoms with van der Waals surface area (Å²) >= 11 is 3.25. The van der Waals surface area contributed by atoms with E-state index in [2.05, 4.69) is 47.9 Å². The second-order valence-corrected chi connectivity index (χ2v) is 11.0. The Morgan fingerprint density at radius 2 is 0.900 bits per heavy atom. The van der Waals surface area contributed by atoms with Gasteiger partial charge in [-0.1, -0.05) is 72.1 Å². The van der Waals surface area contributed by atoms with Crippen LogP contribution in [-0.4, -0.2) is 13.1 Å². The third kappa shape index (κ3) is 5.20. The van der Waals surface area contributed by atoms with Crippen molar-refractivity contribution in [1.29, 1.82) is 0 Å². The highest BCUT2D eigenvalue weighted by Gasteiger charge is 2.23. The smallest absolute Gasteiger partial charge is 0.237 e. The molecule has 200 valence electrons. The van der Waals surface area contributed by atoms with Crippen molar-refractivity contribution >= 4 is 47.1 Å². The number of rotatable bonds is 6. The van der Waals surface area contributed by atoms with Crippen molar-refractivity contribution in [3.8, 4) is 0 Å². The molecule has 0 saturated heterocycles. The Bertz CT molecular complexity index is 1740. The van der Waals surface area contributed by atoms with E-state index in [1.165, 1.54) is 24.3 Å². The highest BCUT2D eigenvalue weighted by molar-refractivity contribution is 8.04. The van der Waals surface area contributed by atoms with Gasteiger partial charge in [0.15, 0.2) is 0 Å². The Hall–Kier alpha value is -4.14. The van der Waals surface area contributed by atoms with Crippen LogP contribution in [0.25, 0.3) is 12.2 Å². The van der Waals surface area contributed by atoms with Gasteiger partial charge in [0.2, 0.25) is 21.7 Å². The van der Waals surface area contributed by atoms with E-state index < -0.39 is 32.2 Å². The lowest BCUT2D eigenvalue weighted by molar-refractivity contribution is 1.00. The first kappa shape index (κ1) is 27.4. The minimum Gasteiger partial charge on any atom is -0.335 e. The van der Waals surface area contributed by atoms with Gasteiger partial charge in [-0.15, -0.1) is 0 Å². The van der Waals surface area contributed by atoms with Gasteiger partial charge in [0.25, 0.3) is 0 Å². The summed E-state index contributed by atoms with van der Waals surface area (Å²) in [7, 11) is 0. The van der Waals surface area contributed by atoms with Gasteiger partial charge in [0, 0.05) is 22.9 Å². The SMILES string of the molecule is CCN1C(=CC=CC=c2c(=O)c(=O)c(=CC=CC=C3Sc4ccccc4N3CC)c(=O)c2=O)Sc2ccccc21. The quantitative estimate of drug-likeness (QED) is 0.419. The van der Waals surface area contributed by atoms with E-state index in [0.29, 0.717) is 0 Å². The van der Waals surface area contributed by atoms with E-state index in [1.54, 1.807) is 35.7 Å². The third-order valence-corrected chi connectivity index (χ3v) is 8.78. The Kier molecular flexibility index (Phi) is 8.19. The van der Waals surface area contributed by atoms with Gasteiger partial charge in [0.05, 0.1) is 31.9 Å². The molecule has 5 rings (SSSR count). The predicted octanol–water partition coefficient (Wildman–Crippen LogP) is 3.62. The van der Waals surface area contributed by atoms with Crippen LogP contribution >= 0.6 is 23.5 Å². The molecule has 40 heavy (non-hydrogen) atoms. The summed E-state index contributed by atoms with van der Waals surface area (Å²) in [5.41, 5.74) is -1.65. The maximum absolute atomic E-state index is 12.7. The summed E-state index contributed by atoms with van der Waals surface area (Å²) < 4.78 is 0. The molecular weight excluding hydrogens is 540 g/mol. The first-order valence-electron chi connectivity index (χ1n) is 12.9. The molecule has 0 bridgehead atoms. The van der Waals surface area contributed by atoms with Crippen molar-refractivity contribution in [2.24, 2.45) is 0 Å². The molecule has 0 saturated carbocycles. The molecule has 0 unspecified atom stereocenters. The number of benzene rings is 3. The molecule has 3 aromatic carbocycles. The van der Waals surface area contributed by atoms with Crippen LogP contribution < -0.4 is 42.0 Å². The highest BCUT2D eigenvalue weighted by atomic mass is 32.2. The number of allylic oxidation sites excluding steroid dienone is 6. The van der Waals surface area contributed by atoms with E-state index in [-0.39, 0.29) is 0 Å². The molecule has 0 atom stereocenters. The maximum atomic E-state index is 12.7. The van der Waals surface area contributed by atoms with Crippen molar-refractivity contribution in [1.82, 2.24) is 0 Å². The molecule has 0 N–H and O–H groups in total. The molecule has 0 aliphatic carbocycles. The number of fused-ring (bicyclic) bond motifs is 2. The van der Waals surface area contributed by atoms with E-state index in [0.717, 1.165) is 44.3 Å². The Labute approximate surface area is 239 Å². The Balaban J connectivity index is 1.40. The van der Waals surface area contributed by atoms with Gasteiger partial charge in [0.1, 0.15) is 0 Å². The molecule has 0 radical (unpaired) electrons. The lowest BCUT2D eigenvalue weighted by Gasteiger charge is -2.17. The lowest BCUT2D eigenvalue weighted by Crippen LogP contribution is -2.63. The summed E-state index contributed by atoms with van der Waals surface area (Å²) in [5.74, 6) is 0. The van der Waals surface area contributed by atoms with Gasteiger partial charge in [-0.2, -0.15) is 0 Å². The average molecular weight is 567 g/mol. The van der Waals surface area contributed by atoms with Crippen LogP contribution in [0.4, 0.5) is 11.4 Å². The van der Waals surface area contributed by atoms with Crippen molar-refractivity contribution < 1.29 is 0 Å². The fourth-order valence-electron chi connectivity index (χ4n) is 4.58. The van der Waals surface area contributed by atoms with E-state index in [1.807, 2.05) is 36.4 Å². The topological polar surface area (TPSA) is 74.8 Å². The van der Waals surface area contributed by atoms with Crippen LogP contribution in [0.2, 0.25) is 0 Å². The third-order valence-electron chi connectivity index (χ3n) is 6.52. The predicted molar refractivity (Wildman–Crippen MR) is 167 cm³/mol. The molecule has 0 fully saturated rings. The zero-order valence-corrected chi connectivity index (χ0v) is 23.6. The first-order chi connectivity index (χ1) is 19.4. The maximum Gasteiger partial charge on any atom is 0.237 e. The zero-order chi connectivity index (χ0) is 28.2. The Morgan fingerprint density at radius 1 is 0.550 bits per heavy atom. The first-order valence-corrected chi connectivity index (χ1v) is 14.5. The average Bonchev–Trinajstić information content (AvgIpc) is 3.52. The summed E-state index contributed by atoms with van der Waals surface area (Å²) in [6.45, 7) is 5.69. The van der Waals surface area contributed by atoms with Crippen molar-refractivity contribution in [3.63, 3.8) is 0 Å².